The molecule has 112 valence electrons. The number of ether oxygens (including phenoxy) is 1. The monoisotopic (exact) mass is 291 g/mol. The Morgan fingerprint density at radius 3 is 2.95 bits per heavy atom. The first kappa shape index (κ1) is 15.5. The third-order valence-electron chi connectivity index (χ3n) is 3.24. The maximum Gasteiger partial charge on any atom is 0.492 e. The summed E-state index contributed by atoms with van der Waals surface area (Å²) in [6.45, 7) is 1.88. The second-order valence-corrected chi connectivity index (χ2v) is 4.85. The van der Waals surface area contributed by atoms with Gasteiger partial charge < -0.3 is 19.7 Å². The molecular weight excluding hydrogens is 273 g/mol. The predicted octanol–water partition coefficient (Wildman–Crippen LogP) is -0.0951. The summed E-state index contributed by atoms with van der Waals surface area (Å²) in [4.78, 5) is 22.2. The minimum absolute atomic E-state index is 0.135. The molecule has 1 amide bonds. The normalized spacial score (nSPS) is 16.5. The van der Waals surface area contributed by atoms with Gasteiger partial charge >= 0.3 is 13.1 Å². The van der Waals surface area contributed by atoms with Gasteiger partial charge in [0.25, 0.3) is 0 Å². The Hall–Kier alpha value is -1.86. The van der Waals surface area contributed by atoms with Gasteiger partial charge in [-0.25, -0.2) is 0 Å². The molecule has 2 N–H and O–H groups in total. The Morgan fingerprint density at radius 1 is 1.43 bits per heavy atom. The van der Waals surface area contributed by atoms with Gasteiger partial charge in [0.05, 0.1) is 12.7 Å². The van der Waals surface area contributed by atoms with Crippen LogP contribution in [0.15, 0.2) is 24.3 Å². The molecule has 2 rings (SSSR count). The van der Waals surface area contributed by atoms with Crippen LogP contribution in [0.4, 0.5) is 0 Å². The number of benzene rings is 1. The van der Waals surface area contributed by atoms with Crippen LogP contribution in [0.3, 0.4) is 0 Å². The minimum Gasteiger partial charge on any atom is -0.466 e. The minimum atomic E-state index is -0.938. The van der Waals surface area contributed by atoms with Crippen LogP contribution in [0.5, 0.6) is 0 Å². The van der Waals surface area contributed by atoms with E-state index in [0.29, 0.717) is 13.0 Å². The van der Waals surface area contributed by atoms with E-state index >= 15 is 0 Å². The molecule has 0 saturated carbocycles. The number of nitrogens with one attached hydrogen (secondary N) is 1. The van der Waals surface area contributed by atoms with Crippen LogP contribution in [0.1, 0.15) is 31.4 Å². The Morgan fingerprint density at radius 2 is 2.19 bits per heavy atom. The van der Waals surface area contributed by atoms with Crippen molar-refractivity contribution in [1.82, 2.24) is 5.32 Å². The highest BCUT2D eigenvalue weighted by atomic mass is 16.5. The maximum absolute atomic E-state index is 11.7. The van der Waals surface area contributed by atoms with Crippen molar-refractivity contribution in [1.29, 1.82) is 0 Å². The van der Waals surface area contributed by atoms with Gasteiger partial charge in [0, 0.05) is 19.9 Å². The molecule has 1 aliphatic rings. The lowest BCUT2D eigenvalue weighted by Crippen LogP contribution is -2.29. The zero-order valence-electron chi connectivity index (χ0n) is 11.9. The van der Waals surface area contributed by atoms with E-state index in [-0.39, 0.29) is 31.0 Å². The van der Waals surface area contributed by atoms with Crippen LogP contribution < -0.4 is 10.8 Å². The van der Waals surface area contributed by atoms with Gasteiger partial charge in [-0.2, -0.15) is 0 Å². The number of rotatable bonds is 6. The second-order valence-electron chi connectivity index (χ2n) is 4.85. The van der Waals surface area contributed by atoms with E-state index in [9.17, 15) is 14.6 Å². The number of hydrogen-bond donors (Lipinski definition) is 2. The van der Waals surface area contributed by atoms with Crippen molar-refractivity contribution < 1.29 is 24.0 Å². The van der Waals surface area contributed by atoms with Crippen molar-refractivity contribution >= 4 is 24.5 Å². The lowest BCUT2D eigenvalue weighted by atomic mass is 9.79. The molecule has 0 radical (unpaired) electrons. The summed E-state index contributed by atoms with van der Waals surface area (Å²) in [6.07, 6.45) is 0.425. The molecule has 0 fully saturated rings. The first-order valence-electron chi connectivity index (χ1n) is 6.90. The van der Waals surface area contributed by atoms with Crippen molar-refractivity contribution in [2.24, 2.45) is 0 Å². The molecular formula is C14H18BNO5. The Kier molecular flexibility index (Phi) is 5.35. The van der Waals surface area contributed by atoms with Gasteiger partial charge in [-0.3, -0.25) is 9.59 Å². The number of carbonyl (C=O) groups excluding carboxylic acids is 2. The van der Waals surface area contributed by atoms with Gasteiger partial charge in [-0.15, -0.1) is 0 Å². The van der Waals surface area contributed by atoms with Gasteiger partial charge in [-0.05, 0) is 17.4 Å². The van der Waals surface area contributed by atoms with Gasteiger partial charge in [0.2, 0.25) is 5.91 Å². The van der Waals surface area contributed by atoms with Crippen LogP contribution in [-0.2, 0) is 19.0 Å². The lowest BCUT2D eigenvalue weighted by molar-refractivity contribution is -0.141. The first-order chi connectivity index (χ1) is 10.1. The summed E-state index contributed by atoms with van der Waals surface area (Å²) in [5.41, 5.74) is 1.64. The smallest absolute Gasteiger partial charge is 0.466 e. The molecule has 6 nitrogen and oxygen atoms in total. The van der Waals surface area contributed by atoms with Crippen molar-refractivity contribution in [3.63, 3.8) is 0 Å². The largest absolute Gasteiger partial charge is 0.492 e. The van der Waals surface area contributed by atoms with E-state index in [1.54, 1.807) is 6.07 Å². The molecule has 7 heteroatoms. The highest BCUT2D eigenvalue weighted by Crippen LogP contribution is 2.22. The fraction of sp³-hybridized carbons (Fsp3) is 0.429. The summed E-state index contributed by atoms with van der Waals surface area (Å²) in [7, 11) is -0.938. The van der Waals surface area contributed by atoms with E-state index in [1.807, 2.05) is 18.2 Å². The molecule has 0 saturated heterocycles. The van der Waals surface area contributed by atoms with Crippen LogP contribution in [0.25, 0.3) is 0 Å². The van der Waals surface area contributed by atoms with E-state index in [1.165, 1.54) is 6.92 Å². The van der Waals surface area contributed by atoms with Crippen molar-refractivity contribution in [2.45, 2.75) is 25.9 Å². The van der Waals surface area contributed by atoms with Crippen molar-refractivity contribution in [3.8, 4) is 0 Å². The molecule has 1 aromatic carbocycles. The highest BCUT2D eigenvalue weighted by Gasteiger charge is 2.34. The first-order valence-corrected chi connectivity index (χ1v) is 6.90. The number of hydrogen-bond acceptors (Lipinski definition) is 5. The molecule has 1 aliphatic heterocycles. The summed E-state index contributed by atoms with van der Waals surface area (Å²) in [5, 5.41) is 12.5. The van der Waals surface area contributed by atoms with Crippen LogP contribution in [-0.4, -0.2) is 37.2 Å². The SMILES string of the molecule is CC(=O)OCCCC(=O)NCC1OB(O)c2ccccc21. The quantitative estimate of drug-likeness (QED) is 0.434. The third kappa shape index (κ3) is 4.31. The van der Waals surface area contributed by atoms with E-state index < -0.39 is 7.12 Å². The Balaban J connectivity index is 1.74. The standard InChI is InChI=1S/C14H18BNO5/c1-10(17)20-8-4-7-14(18)16-9-13-11-5-2-3-6-12(11)15(19)21-13/h2-3,5-6,13,19H,4,7-9H2,1H3,(H,16,18). The predicted molar refractivity (Wildman–Crippen MR) is 76.8 cm³/mol. The fourth-order valence-corrected chi connectivity index (χ4v) is 2.23. The summed E-state index contributed by atoms with van der Waals surface area (Å²) in [6, 6.07) is 7.39. The molecule has 0 aromatic heterocycles. The summed E-state index contributed by atoms with van der Waals surface area (Å²) < 4.78 is 10.2. The van der Waals surface area contributed by atoms with Crippen LogP contribution >= 0.6 is 0 Å². The number of carbonyl (C=O) groups is 2. The number of amides is 1. The fourth-order valence-electron chi connectivity index (χ4n) is 2.23. The topological polar surface area (TPSA) is 84.9 Å². The van der Waals surface area contributed by atoms with Gasteiger partial charge in [0.1, 0.15) is 0 Å². The van der Waals surface area contributed by atoms with E-state index in [0.717, 1.165) is 11.0 Å². The molecule has 1 heterocycles. The van der Waals surface area contributed by atoms with Crippen molar-refractivity contribution in [3.05, 3.63) is 29.8 Å². The molecule has 1 aromatic rings. The summed E-state index contributed by atoms with van der Waals surface area (Å²) in [5.74, 6) is -0.481. The lowest BCUT2D eigenvalue weighted by Gasteiger charge is -2.13. The highest BCUT2D eigenvalue weighted by molar-refractivity contribution is 6.61. The second kappa shape index (κ2) is 7.24. The van der Waals surface area contributed by atoms with Crippen LogP contribution in [0.2, 0.25) is 0 Å². The van der Waals surface area contributed by atoms with Gasteiger partial charge in [-0.1, -0.05) is 24.3 Å². The average Bonchev–Trinajstić information content (AvgIpc) is 2.78. The molecule has 0 aliphatic carbocycles. The third-order valence-corrected chi connectivity index (χ3v) is 3.24. The molecule has 21 heavy (non-hydrogen) atoms. The van der Waals surface area contributed by atoms with Crippen LogP contribution in [0, 0.1) is 0 Å². The Bertz CT molecular complexity index is 522. The molecule has 0 bridgehead atoms. The number of esters is 1. The summed E-state index contributed by atoms with van der Waals surface area (Å²) >= 11 is 0. The van der Waals surface area contributed by atoms with Gasteiger partial charge in [0.15, 0.2) is 0 Å². The zero-order chi connectivity index (χ0) is 15.2. The Labute approximate surface area is 123 Å². The maximum atomic E-state index is 11.7. The number of fused-ring (bicyclic) bond motifs is 1. The average molecular weight is 291 g/mol. The molecule has 0 spiro atoms. The van der Waals surface area contributed by atoms with E-state index in [4.69, 9.17) is 9.39 Å². The van der Waals surface area contributed by atoms with Crippen molar-refractivity contribution in [2.75, 3.05) is 13.2 Å². The molecule has 1 atom stereocenters. The van der Waals surface area contributed by atoms with E-state index in [2.05, 4.69) is 5.32 Å². The zero-order valence-corrected chi connectivity index (χ0v) is 11.9. The molecule has 1 unspecified atom stereocenters.